The molecule has 1 amide bonds. The third kappa shape index (κ3) is 6.20. The minimum Gasteiger partial charge on any atom is -0.497 e. The minimum atomic E-state index is -0.605. The number of methoxy groups -OCH3 is 2. The molecular formula is C22H29NO4. The molecule has 5 nitrogen and oxygen atoms in total. The van der Waals surface area contributed by atoms with Gasteiger partial charge in [0.15, 0.2) is 6.10 Å². The predicted octanol–water partition coefficient (Wildman–Crippen LogP) is 4.37. The minimum absolute atomic E-state index is 0.0784. The number of hydrogen-bond donors (Lipinski definition) is 1. The van der Waals surface area contributed by atoms with Crippen LogP contribution in [0.2, 0.25) is 0 Å². The van der Waals surface area contributed by atoms with E-state index < -0.39 is 6.10 Å². The average molecular weight is 371 g/mol. The topological polar surface area (TPSA) is 56.8 Å². The van der Waals surface area contributed by atoms with Crippen LogP contribution in [-0.4, -0.2) is 26.2 Å². The van der Waals surface area contributed by atoms with E-state index in [-0.39, 0.29) is 11.9 Å². The second kappa shape index (κ2) is 9.86. The lowest BCUT2D eigenvalue weighted by atomic mass is 9.96. The molecule has 146 valence electrons. The summed E-state index contributed by atoms with van der Waals surface area (Å²) in [6.07, 6.45) is 0.235. The Morgan fingerprint density at radius 1 is 0.852 bits per heavy atom. The molecule has 0 spiro atoms. The fraction of sp³-hybridized carbons (Fsp3) is 0.409. The Balaban J connectivity index is 2.04. The van der Waals surface area contributed by atoms with Crippen molar-refractivity contribution in [1.29, 1.82) is 0 Å². The fourth-order valence-electron chi connectivity index (χ4n) is 2.79. The van der Waals surface area contributed by atoms with Gasteiger partial charge in [-0.2, -0.15) is 0 Å². The number of carbonyl (C=O) groups excluding carboxylic acids is 1. The maximum atomic E-state index is 12.7. The maximum Gasteiger partial charge on any atom is 0.261 e. The van der Waals surface area contributed by atoms with Gasteiger partial charge in [-0.3, -0.25) is 4.79 Å². The van der Waals surface area contributed by atoms with Gasteiger partial charge in [0.1, 0.15) is 17.2 Å². The second-order valence-corrected chi connectivity index (χ2v) is 6.90. The molecule has 2 aromatic rings. The molecule has 0 saturated heterocycles. The molecule has 1 N–H and O–H groups in total. The Kier molecular flexibility index (Phi) is 7.53. The maximum absolute atomic E-state index is 12.7. The van der Waals surface area contributed by atoms with Gasteiger partial charge in [-0.15, -0.1) is 0 Å². The highest BCUT2D eigenvalue weighted by atomic mass is 16.5. The molecule has 0 heterocycles. The van der Waals surface area contributed by atoms with Crippen molar-refractivity contribution in [3.05, 3.63) is 54.1 Å². The zero-order chi connectivity index (χ0) is 19.8. The zero-order valence-corrected chi connectivity index (χ0v) is 16.7. The van der Waals surface area contributed by atoms with Crippen LogP contribution in [0.1, 0.15) is 38.8 Å². The number of rotatable bonds is 9. The van der Waals surface area contributed by atoms with E-state index in [1.54, 1.807) is 45.4 Å². The van der Waals surface area contributed by atoms with Crippen LogP contribution < -0.4 is 19.5 Å². The van der Waals surface area contributed by atoms with Crippen molar-refractivity contribution in [1.82, 2.24) is 5.32 Å². The summed E-state index contributed by atoms with van der Waals surface area (Å²) in [6, 6.07) is 14.9. The monoisotopic (exact) mass is 371 g/mol. The highest BCUT2D eigenvalue weighted by Gasteiger charge is 2.21. The number of ether oxygens (including phenoxy) is 3. The quantitative estimate of drug-likeness (QED) is 0.711. The highest BCUT2D eigenvalue weighted by Crippen LogP contribution is 2.24. The van der Waals surface area contributed by atoms with Gasteiger partial charge in [0.25, 0.3) is 5.91 Å². The van der Waals surface area contributed by atoms with Crippen LogP contribution in [0.5, 0.6) is 17.2 Å². The van der Waals surface area contributed by atoms with Gasteiger partial charge in [-0.05, 0) is 61.2 Å². The molecule has 2 unspecified atom stereocenters. The van der Waals surface area contributed by atoms with Crippen LogP contribution in [0.3, 0.4) is 0 Å². The molecule has 0 aliphatic heterocycles. The smallest absolute Gasteiger partial charge is 0.261 e. The Hall–Kier alpha value is -2.69. The van der Waals surface area contributed by atoms with E-state index in [4.69, 9.17) is 14.2 Å². The van der Waals surface area contributed by atoms with Gasteiger partial charge in [0.2, 0.25) is 0 Å². The van der Waals surface area contributed by atoms with E-state index in [0.29, 0.717) is 11.7 Å². The molecule has 0 aliphatic rings. The summed E-state index contributed by atoms with van der Waals surface area (Å²) in [5, 5.41) is 3.12. The van der Waals surface area contributed by atoms with Gasteiger partial charge in [0, 0.05) is 0 Å². The summed E-state index contributed by atoms with van der Waals surface area (Å²) in [4.78, 5) is 12.7. The third-order valence-corrected chi connectivity index (χ3v) is 4.28. The lowest BCUT2D eigenvalue weighted by Gasteiger charge is -2.24. The average Bonchev–Trinajstić information content (AvgIpc) is 2.67. The van der Waals surface area contributed by atoms with Crippen LogP contribution in [0.15, 0.2) is 48.5 Å². The number of nitrogens with one attached hydrogen (secondary N) is 1. The Bertz CT molecular complexity index is 710. The number of carbonyl (C=O) groups is 1. The van der Waals surface area contributed by atoms with Crippen LogP contribution in [-0.2, 0) is 4.79 Å². The van der Waals surface area contributed by atoms with Gasteiger partial charge in [-0.1, -0.05) is 26.0 Å². The SMILES string of the molecule is COc1ccc(OC(C)C(=O)NC(CC(C)C)c2ccc(OC)cc2)cc1. The highest BCUT2D eigenvalue weighted by molar-refractivity contribution is 5.81. The molecule has 27 heavy (non-hydrogen) atoms. The lowest BCUT2D eigenvalue weighted by Crippen LogP contribution is -2.39. The van der Waals surface area contributed by atoms with Crippen LogP contribution in [0.4, 0.5) is 0 Å². The Morgan fingerprint density at radius 3 is 1.81 bits per heavy atom. The van der Waals surface area contributed by atoms with Crippen LogP contribution in [0.25, 0.3) is 0 Å². The molecule has 2 rings (SSSR count). The molecule has 2 atom stereocenters. The normalized spacial score (nSPS) is 13.0. The van der Waals surface area contributed by atoms with Gasteiger partial charge < -0.3 is 19.5 Å². The number of benzene rings is 2. The molecule has 0 radical (unpaired) electrons. The van der Waals surface area contributed by atoms with Crippen molar-refractivity contribution in [3.63, 3.8) is 0 Å². The van der Waals surface area contributed by atoms with Crippen molar-refractivity contribution in [2.45, 2.75) is 39.3 Å². The van der Waals surface area contributed by atoms with Crippen LogP contribution >= 0.6 is 0 Å². The molecule has 2 aromatic carbocycles. The summed E-state index contributed by atoms with van der Waals surface area (Å²) in [7, 11) is 3.25. The zero-order valence-electron chi connectivity index (χ0n) is 16.7. The van der Waals surface area contributed by atoms with Gasteiger partial charge >= 0.3 is 0 Å². The van der Waals surface area contributed by atoms with E-state index in [9.17, 15) is 4.79 Å². The summed E-state index contributed by atoms with van der Waals surface area (Å²) in [6.45, 7) is 6.03. The molecule has 0 aliphatic carbocycles. The molecule has 0 saturated carbocycles. The lowest BCUT2D eigenvalue weighted by molar-refractivity contribution is -0.128. The van der Waals surface area contributed by atoms with Gasteiger partial charge in [-0.25, -0.2) is 0 Å². The molecular weight excluding hydrogens is 342 g/mol. The Labute approximate surface area is 161 Å². The second-order valence-electron chi connectivity index (χ2n) is 6.90. The van der Waals surface area contributed by atoms with E-state index >= 15 is 0 Å². The first-order valence-corrected chi connectivity index (χ1v) is 9.18. The van der Waals surface area contributed by atoms with Crippen LogP contribution in [0, 0.1) is 5.92 Å². The first kappa shape index (κ1) is 20.6. The molecule has 0 fully saturated rings. The largest absolute Gasteiger partial charge is 0.497 e. The van der Waals surface area contributed by atoms with Crippen molar-refractivity contribution < 1.29 is 19.0 Å². The van der Waals surface area contributed by atoms with Crippen molar-refractivity contribution >= 4 is 5.91 Å². The summed E-state index contributed by atoms with van der Waals surface area (Å²) in [5.74, 6) is 2.46. The first-order valence-electron chi connectivity index (χ1n) is 9.18. The molecule has 0 aromatic heterocycles. The Morgan fingerprint density at radius 2 is 1.33 bits per heavy atom. The summed E-state index contributed by atoms with van der Waals surface area (Å²) < 4.78 is 16.1. The first-order chi connectivity index (χ1) is 12.9. The van der Waals surface area contributed by atoms with Crippen molar-refractivity contribution in [3.8, 4) is 17.2 Å². The standard InChI is InChI=1S/C22H29NO4/c1-15(2)14-21(17-6-8-18(25-4)9-7-17)23-22(24)16(3)27-20-12-10-19(26-5)11-13-20/h6-13,15-16,21H,14H2,1-5H3,(H,23,24). The van der Waals surface area contributed by atoms with Crippen molar-refractivity contribution in [2.75, 3.05) is 14.2 Å². The fourth-order valence-corrected chi connectivity index (χ4v) is 2.79. The summed E-state index contributed by atoms with van der Waals surface area (Å²) >= 11 is 0. The number of hydrogen-bond acceptors (Lipinski definition) is 4. The van der Waals surface area contributed by atoms with Crippen molar-refractivity contribution in [2.24, 2.45) is 5.92 Å². The number of amides is 1. The van der Waals surface area contributed by atoms with E-state index in [1.165, 1.54) is 0 Å². The molecule has 5 heteroatoms. The van der Waals surface area contributed by atoms with Gasteiger partial charge in [0.05, 0.1) is 20.3 Å². The van der Waals surface area contributed by atoms with E-state index in [1.807, 2.05) is 24.3 Å². The molecule has 0 bridgehead atoms. The predicted molar refractivity (Wildman–Crippen MR) is 106 cm³/mol. The van der Waals surface area contributed by atoms with E-state index in [2.05, 4.69) is 19.2 Å². The summed E-state index contributed by atoms with van der Waals surface area (Å²) in [5.41, 5.74) is 1.05. The van der Waals surface area contributed by atoms with E-state index in [0.717, 1.165) is 23.5 Å². The third-order valence-electron chi connectivity index (χ3n) is 4.28.